The number of halogens is 7. The number of piperidine rings is 1. The van der Waals surface area contributed by atoms with E-state index in [1.807, 2.05) is 30.3 Å². The number of fused-ring (bicyclic) bond motifs is 4. The van der Waals surface area contributed by atoms with Crippen molar-refractivity contribution in [2.45, 2.75) is 53.9 Å². The number of imide groups is 2. The number of carbonyl (C=O) groups excluding carboxylic acids is 4. The zero-order chi connectivity index (χ0) is 39.3. The second-order valence-corrected chi connectivity index (χ2v) is 15.9. The van der Waals surface area contributed by atoms with Crippen LogP contribution in [-0.2, 0) is 25.7 Å². The van der Waals surface area contributed by atoms with Gasteiger partial charge in [-0.3, -0.25) is 29.0 Å². The van der Waals surface area contributed by atoms with Gasteiger partial charge in [-0.15, -0.1) is 23.2 Å². The maximum Gasteiger partial charge on any atom is 0.258 e. The Hall–Kier alpha value is -4.53. The SMILES string of the molecule is COc1ccc(C2C3=CCC4C(=O)N(C5CCN(Cc6ccccc6)CC5)C(=O)C4C3CC3(Cl)C(=O)N(c4c(F)c(F)c(F)c(F)c4F)C(=O)C23Cl)cc1O. The number of phenolic OH excluding ortho intramolecular Hbond substituents is 1. The van der Waals surface area contributed by atoms with Crippen LogP contribution in [0.3, 0.4) is 0 Å². The van der Waals surface area contributed by atoms with Gasteiger partial charge in [-0.1, -0.05) is 48.0 Å². The number of aromatic hydroxyl groups is 1. The highest BCUT2D eigenvalue weighted by molar-refractivity contribution is 6.58. The van der Waals surface area contributed by atoms with Crippen LogP contribution in [0.1, 0.15) is 42.7 Å². The lowest BCUT2D eigenvalue weighted by molar-refractivity contribution is -0.144. The molecule has 1 N–H and O–H groups in total. The van der Waals surface area contributed by atoms with Crippen LogP contribution in [-0.4, -0.2) is 74.5 Å². The van der Waals surface area contributed by atoms with Gasteiger partial charge >= 0.3 is 0 Å². The summed E-state index contributed by atoms with van der Waals surface area (Å²) < 4.78 is 78.9. The Morgan fingerprint density at radius 3 is 2.09 bits per heavy atom. The van der Waals surface area contributed by atoms with Gasteiger partial charge in [0.05, 0.1) is 18.9 Å². The molecular formula is C39H32Cl2F5N3O6. The Morgan fingerprint density at radius 2 is 1.47 bits per heavy atom. The maximum absolute atomic E-state index is 15.3. The Balaban J connectivity index is 1.19. The molecule has 0 spiro atoms. The molecule has 6 atom stereocenters. The average molecular weight is 805 g/mol. The third-order valence-electron chi connectivity index (χ3n) is 12.0. The van der Waals surface area contributed by atoms with Crippen molar-refractivity contribution in [3.8, 4) is 11.5 Å². The molecule has 3 aromatic rings. The summed E-state index contributed by atoms with van der Waals surface area (Å²) >= 11 is 14.4. The van der Waals surface area contributed by atoms with Crippen LogP contribution in [0.5, 0.6) is 11.5 Å². The lowest BCUT2D eigenvalue weighted by Crippen LogP contribution is -2.60. The largest absolute Gasteiger partial charge is 0.504 e. The number of amides is 4. The van der Waals surface area contributed by atoms with Crippen molar-refractivity contribution < 1.29 is 51.0 Å². The minimum absolute atomic E-state index is 0.00781. The number of hydrogen-bond acceptors (Lipinski definition) is 7. The fraction of sp³-hybridized carbons (Fsp3) is 0.385. The number of allylic oxidation sites excluding steroid dienone is 2. The van der Waals surface area contributed by atoms with Gasteiger partial charge in [-0.2, -0.15) is 0 Å². The van der Waals surface area contributed by atoms with Gasteiger partial charge in [0.2, 0.25) is 17.6 Å². The topological polar surface area (TPSA) is 107 Å². The normalized spacial score (nSPS) is 29.7. The molecule has 288 valence electrons. The second-order valence-electron chi connectivity index (χ2n) is 14.7. The molecule has 3 aromatic carbocycles. The molecule has 0 bridgehead atoms. The first-order chi connectivity index (χ1) is 26.1. The van der Waals surface area contributed by atoms with Crippen molar-refractivity contribution in [2.75, 3.05) is 25.1 Å². The number of nitrogens with zero attached hydrogens (tertiary/aromatic N) is 3. The average Bonchev–Trinajstić information content (AvgIpc) is 3.51. The van der Waals surface area contributed by atoms with E-state index in [0.717, 1.165) is 5.56 Å². The van der Waals surface area contributed by atoms with E-state index in [2.05, 4.69) is 4.90 Å². The molecule has 16 heteroatoms. The van der Waals surface area contributed by atoms with Crippen molar-refractivity contribution in [3.05, 3.63) is 100 Å². The number of hydrogen-bond donors (Lipinski definition) is 1. The first-order valence-electron chi connectivity index (χ1n) is 17.6. The molecule has 1 saturated carbocycles. The van der Waals surface area contributed by atoms with Gasteiger partial charge in [0.15, 0.2) is 44.5 Å². The van der Waals surface area contributed by atoms with Crippen LogP contribution in [0.15, 0.2) is 60.2 Å². The van der Waals surface area contributed by atoms with Gasteiger partial charge in [-0.25, -0.2) is 26.9 Å². The quantitative estimate of drug-likeness (QED) is 0.0777. The Kier molecular flexibility index (Phi) is 9.05. The zero-order valence-electron chi connectivity index (χ0n) is 29.0. The molecule has 2 aliphatic carbocycles. The maximum atomic E-state index is 15.3. The Bertz CT molecular complexity index is 2170. The van der Waals surface area contributed by atoms with Crippen LogP contribution < -0.4 is 9.64 Å². The van der Waals surface area contributed by atoms with Gasteiger partial charge in [0.1, 0.15) is 5.69 Å². The van der Waals surface area contributed by atoms with E-state index in [9.17, 15) is 37.5 Å². The fourth-order valence-corrected chi connectivity index (χ4v) is 10.3. The van der Waals surface area contributed by atoms with Gasteiger partial charge < -0.3 is 9.84 Å². The lowest BCUT2D eigenvalue weighted by atomic mass is 9.56. The summed E-state index contributed by atoms with van der Waals surface area (Å²) in [5.74, 6) is -21.3. The molecule has 0 radical (unpaired) electrons. The van der Waals surface area contributed by atoms with E-state index < -0.39 is 110 Å². The summed E-state index contributed by atoms with van der Waals surface area (Å²) in [6.45, 7) is 1.93. The monoisotopic (exact) mass is 803 g/mol. The van der Waals surface area contributed by atoms with Crippen molar-refractivity contribution in [1.29, 1.82) is 0 Å². The third-order valence-corrected chi connectivity index (χ3v) is 13.4. The number of alkyl halides is 2. The third kappa shape index (κ3) is 5.27. The predicted octanol–water partition coefficient (Wildman–Crippen LogP) is 6.32. The van der Waals surface area contributed by atoms with Crippen LogP contribution in [0.4, 0.5) is 27.6 Å². The molecule has 0 aromatic heterocycles. The minimum Gasteiger partial charge on any atom is -0.504 e. The molecule has 55 heavy (non-hydrogen) atoms. The van der Waals surface area contributed by atoms with E-state index in [-0.39, 0.29) is 28.2 Å². The van der Waals surface area contributed by atoms with Crippen LogP contribution in [0, 0.1) is 46.8 Å². The van der Waals surface area contributed by atoms with Crippen LogP contribution in [0.2, 0.25) is 0 Å². The van der Waals surface area contributed by atoms with Crippen molar-refractivity contribution in [2.24, 2.45) is 17.8 Å². The molecule has 4 amide bonds. The van der Waals surface area contributed by atoms with Crippen molar-refractivity contribution in [1.82, 2.24) is 9.80 Å². The molecule has 9 nitrogen and oxygen atoms in total. The molecule has 5 aliphatic rings. The number of ether oxygens (including phenoxy) is 1. The van der Waals surface area contributed by atoms with Crippen molar-refractivity contribution >= 4 is 52.5 Å². The number of likely N-dealkylation sites (tertiary alicyclic amines) is 2. The van der Waals surface area contributed by atoms with Crippen LogP contribution in [0.25, 0.3) is 0 Å². The minimum atomic E-state index is -2.70. The lowest BCUT2D eigenvalue weighted by Gasteiger charge is -2.50. The summed E-state index contributed by atoms with van der Waals surface area (Å²) in [7, 11) is 1.28. The molecule has 3 heterocycles. The number of rotatable bonds is 6. The number of methoxy groups -OCH3 is 1. The summed E-state index contributed by atoms with van der Waals surface area (Å²) in [5.41, 5.74) is -0.380. The number of anilines is 1. The predicted molar refractivity (Wildman–Crippen MR) is 188 cm³/mol. The zero-order valence-corrected chi connectivity index (χ0v) is 30.5. The molecular weight excluding hydrogens is 772 g/mol. The van der Waals surface area contributed by atoms with E-state index in [0.29, 0.717) is 32.5 Å². The Labute approximate surface area is 321 Å². The van der Waals surface area contributed by atoms with Crippen LogP contribution >= 0.6 is 23.2 Å². The van der Waals surface area contributed by atoms with E-state index in [1.54, 1.807) is 6.08 Å². The highest BCUT2D eigenvalue weighted by Crippen LogP contribution is 2.66. The summed E-state index contributed by atoms with van der Waals surface area (Å²) in [6.07, 6.45) is 2.05. The molecule has 4 fully saturated rings. The summed E-state index contributed by atoms with van der Waals surface area (Å²) in [6, 6.07) is 13.3. The molecule has 6 unspecified atom stereocenters. The number of carbonyl (C=O) groups is 4. The summed E-state index contributed by atoms with van der Waals surface area (Å²) in [5, 5.41) is 10.8. The van der Waals surface area contributed by atoms with E-state index >= 15 is 8.78 Å². The molecule has 3 saturated heterocycles. The second kappa shape index (κ2) is 13.3. The van der Waals surface area contributed by atoms with Crippen molar-refractivity contribution in [3.63, 3.8) is 0 Å². The molecule has 3 aliphatic heterocycles. The van der Waals surface area contributed by atoms with Gasteiger partial charge in [-0.05, 0) is 54.9 Å². The van der Waals surface area contributed by atoms with E-state index in [4.69, 9.17) is 27.9 Å². The number of phenols is 1. The first kappa shape index (κ1) is 37.4. The first-order valence-corrected chi connectivity index (χ1v) is 18.4. The highest BCUT2D eigenvalue weighted by Gasteiger charge is 2.77. The Morgan fingerprint density at radius 1 is 0.836 bits per heavy atom. The standard InChI is InChI=1S/C39H32Cl2F5N3O6/c1-55-25-10-7-19(15-24(25)50)27-21-8-9-22-26(35(52)48(34(22)51)20-11-13-47(14-12-20)17-18-5-3-2-4-6-18)23(21)16-38(40)36(53)49(37(54)39(27,38)41)33-31(45)29(43)28(42)30(44)32(33)46/h2-8,10,15,20,22-23,26-27,50H,9,11-14,16-17H2,1H3. The van der Waals surface area contributed by atoms with E-state index in [1.165, 1.54) is 30.2 Å². The van der Waals surface area contributed by atoms with Gasteiger partial charge in [0.25, 0.3) is 11.8 Å². The summed E-state index contributed by atoms with van der Waals surface area (Å²) in [4.78, 5) is 55.4. The molecule has 8 rings (SSSR count). The fourth-order valence-electron chi connectivity index (χ4n) is 9.39. The van der Waals surface area contributed by atoms with Gasteiger partial charge in [0, 0.05) is 31.6 Å². The smallest absolute Gasteiger partial charge is 0.258 e. The number of benzene rings is 3. The highest BCUT2D eigenvalue weighted by atomic mass is 35.5.